The van der Waals surface area contributed by atoms with Crippen LogP contribution in [-0.2, 0) is 14.2 Å². The summed E-state index contributed by atoms with van der Waals surface area (Å²) >= 11 is 0. The molecule has 0 radical (unpaired) electrons. The zero-order valence-corrected chi connectivity index (χ0v) is 8.19. The first-order valence-corrected chi connectivity index (χ1v) is 4.67. The highest BCUT2D eigenvalue weighted by Gasteiger charge is 2.48. The van der Waals surface area contributed by atoms with E-state index in [1.54, 1.807) is 0 Å². The molecule has 0 aromatic carbocycles. The molecule has 4 nitrogen and oxygen atoms in total. The van der Waals surface area contributed by atoms with Crippen LogP contribution in [0, 0.1) is 0 Å². The Morgan fingerprint density at radius 3 is 2.69 bits per heavy atom. The number of hydrogen-bond acceptors (Lipinski definition) is 4. The molecule has 0 aliphatic carbocycles. The lowest BCUT2D eigenvalue weighted by Gasteiger charge is -2.32. The molecule has 4 atom stereocenters. The first kappa shape index (κ1) is 9.40. The minimum absolute atomic E-state index is 0.0336. The van der Waals surface area contributed by atoms with E-state index in [-0.39, 0.29) is 18.3 Å². The zero-order chi connectivity index (χ0) is 9.64. The monoisotopic (exact) mass is 188 g/mol. The van der Waals surface area contributed by atoms with Crippen LogP contribution < -0.4 is 0 Å². The maximum atomic E-state index is 9.34. The fourth-order valence-electron chi connectivity index (χ4n) is 2.02. The molecule has 13 heavy (non-hydrogen) atoms. The molecule has 2 aliphatic rings. The summed E-state index contributed by atoms with van der Waals surface area (Å²) < 4.78 is 16.5. The molecule has 2 aliphatic heterocycles. The minimum atomic E-state index is -0.714. The van der Waals surface area contributed by atoms with Crippen molar-refractivity contribution in [2.75, 3.05) is 0 Å². The highest BCUT2D eigenvalue weighted by atomic mass is 16.8. The van der Waals surface area contributed by atoms with Crippen LogP contribution in [0.5, 0.6) is 0 Å². The number of fused-ring (bicyclic) bond motifs is 1. The summed E-state index contributed by atoms with van der Waals surface area (Å²) in [5.74, 6) is -0.545. The van der Waals surface area contributed by atoms with E-state index in [1.165, 1.54) is 0 Å². The summed E-state index contributed by atoms with van der Waals surface area (Å²) in [6.45, 7) is 5.65. The quantitative estimate of drug-likeness (QED) is 0.606. The Balaban J connectivity index is 2.10. The molecule has 2 fully saturated rings. The fraction of sp³-hybridized carbons (Fsp3) is 1.00. The molecule has 0 spiro atoms. The summed E-state index contributed by atoms with van der Waals surface area (Å²) in [6.07, 6.45) is -0.394. The van der Waals surface area contributed by atoms with Crippen molar-refractivity contribution in [2.24, 2.45) is 0 Å². The number of hydrogen-bond donors (Lipinski definition) is 1. The van der Waals surface area contributed by atoms with E-state index >= 15 is 0 Å². The van der Waals surface area contributed by atoms with Gasteiger partial charge in [-0.25, -0.2) is 0 Å². The first-order valence-electron chi connectivity index (χ1n) is 4.67. The Morgan fingerprint density at radius 2 is 2.00 bits per heavy atom. The number of rotatable bonds is 0. The van der Waals surface area contributed by atoms with E-state index in [2.05, 4.69) is 0 Å². The molecule has 1 unspecified atom stereocenters. The molecule has 2 heterocycles. The maximum absolute atomic E-state index is 9.34. The lowest BCUT2D eigenvalue weighted by Crippen LogP contribution is -2.45. The van der Waals surface area contributed by atoms with E-state index in [9.17, 15) is 5.11 Å². The van der Waals surface area contributed by atoms with Crippen LogP contribution >= 0.6 is 0 Å². The van der Waals surface area contributed by atoms with Gasteiger partial charge in [-0.3, -0.25) is 0 Å². The molecule has 0 aromatic heterocycles. The number of aliphatic hydroxyl groups excluding tert-OH is 1. The van der Waals surface area contributed by atoms with E-state index in [1.807, 2.05) is 20.8 Å². The normalized spacial score (nSPS) is 48.9. The lowest BCUT2D eigenvalue weighted by molar-refractivity contribution is -0.203. The summed E-state index contributed by atoms with van der Waals surface area (Å²) in [5.41, 5.74) is 0. The molecule has 4 heteroatoms. The molecule has 76 valence electrons. The highest BCUT2D eigenvalue weighted by Crippen LogP contribution is 2.36. The van der Waals surface area contributed by atoms with Crippen molar-refractivity contribution in [3.63, 3.8) is 0 Å². The third-order valence-electron chi connectivity index (χ3n) is 2.49. The average molecular weight is 188 g/mol. The zero-order valence-electron chi connectivity index (χ0n) is 8.19. The molecule has 0 aromatic rings. The SMILES string of the molecule is C[C@@H]1OC(O)C[C@@H]2OC(C)(C)O[C@H]12. The van der Waals surface area contributed by atoms with Gasteiger partial charge in [0, 0.05) is 6.42 Å². The Morgan fingerprint density at radius 1 is 1.31 bits per heavy atom. The Kier molecular flexibility index (Phi) is 2.11. The average Bonchev–Trinajstić information content (AvgIpc) is 2.23. The Labute approximate surface area is 77.8 Å². The summed E-state index contributed by atoms with van der Waals surface area (Å²) in [5, 5.41) is 9.34. The van der Waals surface area contributed by atoms with Gasteiger partial charge in [0.05, 0.1) is 12.2 Å². The van der Waals surface area contributed by atoms with Gasteiger partial charge in [0.1, 0.15) is 6.10 Å². The molecule has 0 amide bonds. The summed E-state index contributed by atoms with van der Waals surface area (Å²) in [4.78, 5) is 0. The molecular formula is C9H16O4. The molecule has 2 saturated heterocycles. The van der Waals surface area contributed by atoms with Gasteiger partial charge >= 0.3 is 0 Å². The fourth-order valence-corrected chi connectivity index (χ4v) is 2.02. The van der Waals surface area contributed by atoms with Gasteiger partial charge in [-0.05, 0) is 20.8 Å². The van der Waals surface area contributed by atoms with E-state index in [0.717, 1.165) is 0 Å². The van der Waals surface area contributed by atoms with Crippen molar-refractivity contribution in [3.8, 4) is 0 Å². The van der Waals surface area contributed by atoms with Crippen LogP contribution in [-0.4, -0.2) is 35.5 Å². The van der Waals surface area contributed by atoms with Crippen molar-refractivity contribution in [1.82, 2.24) is 0 Å². The first-order chi connectivity index (χ1) is 5.98. The van der Waals surface area contributed by atoms with Crippen LogP contribution in [0.1, 0.15) is 27.2 Å². The van der Waals surface area contributed by atoms with E-state index < -0.39 is 12.1 Å². The Bertz CT molecular complexity index is 204. The standard InChI is InChI=1S/C9H16O4/c1-5-8-6(4-7(10)11-5)12-9(2,3)13-8/h5-8,10H,4H2,1-3H3/t5-,6-,7?,8+/m0/s1. The minimum Gasteiger partial charge on any atom is -0.368 e. The molecule has 0 bridgehead atoms. The lowest BCUT2D eigenvalue weighted by atomic mass is 10.0. The second-order valence-electron chi connectivity index (χ2n) is 4.17. The van der Waals surface area contributed by atoms with Crippen LogP contribution in [0.4, 0.5) is 0 Å². The van der Waals surface area contributed by atoms with Crippen LogP contribution in [0.25, 0.3) is 0 Å². The largest absolute Gasteiger partial charge is 0.368 e. The van der Waals surface area contributed by atoms with Gasteiger partial charge in [0.15, 0.2) is 12.1 Å². The topological polar surface area (TPSA) is 47.9 Å². The van der Waals surface area contributed by atoms with Gasteiger partial charge in [-0.1, -0.05) is 0 Å². The van der Waals surface area contributed by atoms with Crippen LogP contribution in [0.15, 0.2) is 0 Å². The van der Waals surface area contributed by atoms with Gasteiger partial charge in [-0.2, -0.15) is 0 Å². The van der Waals surface area contributed by atoms with Crippen LogP contribution in [0.2, 0.25) is 0 Å². The summed E-state index contributed by atoms with van der Waals surface area (Å²) in [6, 6.07) is 0. The number of aliphatic hydroxyl groups is 1. The number of ether oxygens (including phenoxy) is 3. The van der Waals surface area contributed by atoms with Gasteiger partial charge in [0.2, 0.25) is 0 Å². The van der Waals surface area contributed by atoms with Gasteiger partial charge in [0.25, 0.3) is 0 Å². The van der Waals surface area contributed by atoms with Crippen molar-refractivity contribution < 1.29 is 19.3 Å². The Hall–Kier alpha value is -0.160. The van der Waals surface area contributed by atoms with Gasteiger partial charge in [-0.15, -0.1) is 0 Å². The van der Waals surface area contributed by atoms with E-state index in [0.29, 0.717) is 6.42 Å². The smallest absolute Gasteiger partial charge is 0.163 e. The predicted octanol–water partition coefficient (Wildman–Crippen LogP) is 0.634. The molecular weight excluding hydrogens is 172 g/mol. The molecule has 1 N–H and O–H groups in total. The van der Waals surface area contributed by atoms with Crippen LogP contribution in [0.3, 0.4) is 0 Å². The molecule has 0 saturated carbocycles. The third-order valence-corrected chi connectivity index (χ3v) is 2.49. The predicted molar refractivity (Wildman–Crippen MR) is 45.0 cm³/mol. The second-order valence-corrected chi connectivity index (χ2v) is 4.17. The van der Waals surface area contributed by atoms with E-state index in [4.69, 9.17) is 14.2 Å². The molecule has 2 rings (SSSR count). The summed E-state index contributed by atoms with van der Waals surface area (Å²) in [7, 11) is 0. The van der Waals surface area contributed by atoms with Crippen molar-refractivity contribution >= 4 is 0 Å². The maximum Gasteiger partial charge on any atom is 0.163 e. The van der Waals surface area contributed by atoms with Crippen molar-refractivity contribution in [3.05, 3.63) is 0 Å². The second kappa shape index (κ2) is 2.92. The third kappa shape index (κ3) is 1.72. The van der Waals surface area contributed by atoms with Crippen molar-refractivity contribution in [2.45, 2.75) is 57.6 Å². The van der Waals surface area contributed by atoms with Crippen molar-refractivity contribution in [1.29, 1.82) is 0 Å². The van der Waals surface area contributed by atoms with Gasteiger partial charge < -0.3 is 19.3 Å². The highest BCUT2D eigenvalue weighted by molar-refractivity contribution is 4.89.